The summed E-state index contributed by atoms with van der Waals surface area (Å²) in [4.78, 5) is 0. The van der Waals surface area contributed by atoms with E-state index in [4.69, 9.17) is 9.84 Å². The van der Waals surface area contributed by atoms with E-state index in [0.717, 1.165) is 12.1 Å². The van der Waals surface area contributed by atoms with Gasteiger partial charge in [-0.3, -0.25) is 0 Å². The predicted molar refractivity (Wildman–Crippen MR) is 46.1 cm³/mol. The highest BCUT2D eigenvalue weighted by Crippen LogP contribution is 2.29. The maximum absolute atomic E-state index is 12.8. The van der Waals surface area contributed by atoms with Gasteiger partial charge in [0.25, 0.3) is 0 Å². The average Bonchev–Trinajstić information content (AvgIpc) is 2.19. The predicted octanol–water partition coefficient (Wildman–Crippen LogP) is 1.51. The Morgan fingerprint density at radius 3 is 2.79 bits per heavy atom. The van der Waals surface area contributed by atoms with Crippen LogP contribution in [0.1, 0.15) is 5.56 Å². The van der Waals surface area contributed by atoms with Gasteiger partial charge in [-0.05, 0) is 18.1 Å². The third-order valence-corrected chi connectivity index (χ3v) is 2.34. The van der Waals surface area contributed by atoms with Crippen LogP contribution in [0, 0.1) is 17.6 Å². The first-order valence-corrected chi connectivity index (χ1v) is 4.42. The Hall–Kier alpha value is -1.16. The van der Waals surface area contributed by atoms with Gasteiger partial charge in [-0.15, -0.1) is 0 Å². The summed E-state index contributed by atoms with van der Waals surface area (Å²) in [7, 11) is 0. The molecular formula is C10H10F2O2. The summed E-state index contributed by atoms with van der Waals surface area (Å²) in [5.74, 6) is -1.40. The summed E-state index contributed by atoms with van der Waals surface area (Å²) in [6, 6.07) is 2.19. The summed E-state index contributed by atoms with van der Waals surface area (Å²) in [5, 5.41) is 8.89. The van der Waals surface area contributed by atoms with Crippen LogP contribution >= 0.6 is 0 Å². The lowest BCUT2D eigenvalue weighted by Gasteiger charge is -2.23. The van der Waals surface area contributed by atoms with Crippen molar-refractivity contribution >= 4 is 0 Å². The molecule has 1 aromatic rings. The molecule has 1 atom stereocenters. The molecule has 2 rings (SSSR count). The van der Waals surface area contributed by atoms with Crippen LogP contribution in [0.2, 0.25) is 0 Å². The standard InChI is InChI=1S/C10H10F2O2/c11-8-2-7-1-6(4-13)5-14-10(7)3-9(8)12/h2-3,6,13H,1,4-5H2/t6-/m0/s1. The Morgan fingerprint density at radius 1 is 1.36 bits per heavy atom. The summed E-state index contributed by atoms with van der Waals surface area (Å²) in [5.41, 5.74) is 0.620. The number of ether oxygens (including phenoxy) is 1. The molecule has 0 fully saturated rings. The third kappa shape index (κ3) is 1.57. The van der Waals surface area contributed by atoms with Crippen molar-refractivity contribution in [2.75, 3.05) is 13.2 Å². The number of hydrogen-bond acceptors (Lipinski definition) is 2. The normalized spacial score (nSPS) is 20.1. The first-order chi connectivity index (χ1) is 6.70. The Labute approximate surface area is 80.1 Å². The second-order valence-electron chi connectivity index (χ2n) is 3.44. The quantitative estimate of drug-likeness (QED) is 0.744. The highest BCUT2D eigenvalue weighted by Gasteiger charge is 2.21. The molecule has 1 N–H and O–H groups in total. The Kier molecular flexibility index (Phi) is 2.37. The molecule has 0 radical (unpaired) electrons. The van der Waals surface area contributed by atoms with Crippen molar-refractivity contribution in [3.63, 3.8) is 0 Å². The summed E-state index contributed by atoms with van der Waals surface area (Å²) in [6.45, 7) is 0.354. The SMILES string of the molecule is OC[C@H]1COc2cc(F)c(F)cc2C1. The van der Waals surface area contributed by atoms with E-state index in [1.165, 1.54) is 0 Å². The zero-order valence-electron chi connectivity index (χ0n) is 7.46. The molecule has 0 saturated heterocycles. The van der Waals surface area contributed by atoms with E-state index in [0.29, 0.717) is 24.3 Å². The molecule has 0 spiro atoms. The highest BCUT2D eigenvalue weighted by molar-refractivity contribution is 5.36. The average molecular weight is 200 g/mol. The first-order valence-electron chi connectivity index (χ1n) is 4.42. The number of hydrogen-bond donors (Lipinski definition) is 1. The highest BCUT2D eigenvalue weighted by atomic mass is 19.2. The van der Waals surface area contributed by atoms with Crippen molar-refractivity contribution in [3.8, 4) is 5.75 Å². The molecule has 1 aliphatic heterocycles. The van der Waals surface area contributed by atoms with Crippen molar-refractivity contribution in [2.24, 2.45) is 5.92 Å². The second kappa shape index (κ2) is 3.53. The topological polar surface area (TPSA) is 29.5 Å². The molecule has 14 heavy (non-hydrogen) atoms. The molecular weight excluding hydrogens is 190 g/mol. The van der Waals surface area contributed by atoms with Gasteiger partial charge >= 0.3 is 0 Å². The molecule has 2 nitrogen and oxygen atoms in total. The van der Waals surface area contributed by atoms with Crippen LogP contribution < -0.4 is 4.74 Å². The lowest BCUT2D eigenvalue weighted by molar-refractivity contribution is 0.146. The van der Waals surface area contributed by atoms with Gasteiger partial charge in [0, 0.05) is 18.6 Å². The van der Waals surface area contributed by atoms with Crippen LogP contribution in [-0.2, 0) is 6.42 Å². The molecule has 0 bridgehead atoms. The van der Waals surface area contributed by atoms with Crippen LogP contribution in [0.4, 0.5) is 8.78 Å². The van der Waals surface area contributed by atoms with E-state index in [1.807, 2.05) is 0 Å². The van der Waals surface area contributed by atoms with Gasteiger partial charge in [0.2, 0.25) is 0 Å². The fraction of sp³-hybridized carbons (Fsp3) is 0.400. The summed E-state index contributed by atoms with van der Waals surface area (Å²) < 4.78 is 30.8. The lowest BCUT2D eigenvalue weighted by Crippen LogP contribution is -2.24. The molecule has 0 saturated carbocycles. The minimum Gasteiger partial charge on any atom is -0.493 e. The van der Waals surface area contributed by atoms with E-state index < -0.39 is 11.6 Å². The largest absolute Gasteiger partial charge is 0.493 e. The Balaban J connectivity index is 2.33. The van der Waals surface area contributed by atoms with E-state index in [1.54, 1.807) is 0 Å². The zero-order valence-corrected chi connectivity index (χ0v) is 7.46. The minimum atomic E-state index is -0.897. The van der Waals surface area contributed by atoms with Crippen LogP contribution in [0.15, 0.2) is 12.1 Å². The minimum absolute atomic E-state index is 0.00155. The van der Waals surface area contributed by atoms with Gasteiger partial charge < -0.3 is 9.84 Å². The number of halogens is 2. The number of fused-ring (bicyclic) bond motifs is 1. The van der Waals surface area contributed by atoms with E-state index in [9.17, 15) is 8.78 Å². The summed E-state index contributed by atoms with van der Waals surface area (Å²) in [6.07, 6.45) is 0.531. The van der Waals surface area contributed by atoms with Gasteiger partial charge in [0.15, 0.2) is 11.6 Å². The molecule has 1 heterocycles. The maximum Gasteiger partial charge on any atom is 0.162 e. The van der Waals surface area contributed by atoms with Gasteiger partial charge in [0.1, 0.15) is 5.75 Å². The molecule has 0 aromatic heterocycles. The third-order valence-electron chi connectivity index (χ3n) is 2.34. The molecule has 76 valence electrons. The Morgan fingerprint density at radius 2 is 2.07 bits per heavy atom. The molecule has 0 amide bonds. The van der Waals surface area contributed by atoms with Crippen molar-refractivity contribution in [1.82, 2.24) is 0 Å². The number of aliphatic hydroxyl groups excluding tert-OH is 1. The van der Waals surface area contributed by atoms with Crippen molar-refractivity contribution < 1.29 is 18.6 Å². The number of aliphatic hydroxyl groups is 1. The smallest absolute Gasteiger partial charge is 0.162 e. The van der Waals surface area contributed by atoms with Crippen molar-refractivity contribution in [2.45, 2.75) is 6.42 Å². The molecule has 0 aliphatic carbocycles. The monoisotopic (exact) mass is 200 g/mol. The fourth-order valence-corrected chi connectivity index (χ4v) is 1.56. The lowest BCUT2D eigenvalue weighted by atomic mass is 9.97. The molecule has 0 unspecified atom stereocenters. The fourth-order valence-electron chi connectivity index (χ4n) is 1.56. The van der Waals surface area contributed by atoms with Crippen molar-refractivity contribution in [3.05, 3.63) is 29.3 Å². The second-order valence-corrected chi connectivity index (χ2v) is 3.44. The van der Waals surface area contributed by atoms with Crippen LogP contribution in [0.3, 0.4) is 0 Å². The maximum atomic E-state index is 12.8. The van der Waals surface area contributed by atoms with E-state index in [-0.39, 0.29) is 12.5 Å². The number of rotatable bonds is 1. The van der Waals surface area contributed by atoms with E-state index in [2.05, 4.69) is 0 Å². The van der Waals surface area contributed by atoms with Gasteiger partial charge in [-0.2, -0.15) is 0 Å². The van der Waals surface area contributed by atoms with Crippen LogP contribution in [-0.4, -0.2) is 18.3 Å². The Bertz CT molecular complexity index is 352. The van der Waals surface area contributed by atoms with Crippen LogP contribution in [0.25, 0.3) is 0 Å². The van der Waals surface area contributed by atoms with Gasteiger partial charge in [-0.1, -0.05) is 0 Å². The number of benzene rings is 1. The molecule has 1 aliphatic rings. The van der Waals surface area contributed by atoms with E-state index >= 15 is 0 Å². The zero-order chi connectivity index (χ0) is 10.1. The summed E-state index contributed by atoms with van der Waals surface area (Å²) >= 11 is 0. The van der Waals surface area contributed by atoms with Gasteiger partial charge in [0.05, 0.1) is 6.61 Å². The first kappa shape index (κ1) is 9.40. The molecule has 4 heteroatoms. The van der Waals surface area contributed by atoms with Crippen molar-refractivity contribution in [1.29, 1.82) is 0 Å². The van der Waals surface area contributed by atoms with Crippen LogP contribution in [0.5, 0.6) is 5.75 Å². The van der Waals surface area contributed by atoms with Gasteiger partial charge in [-0.25, -0.2) is 8.78 Å². The molecule has 1 aromatic carbocycles.